The summed E-state index contributed by atoms with van der Waals surface area (Å²) in [5.41, 5.74) is 4.52. The Bertz CT molecular complexity index is 611. The summed E-state index contributed by atoms with van der Waals surface area (Å²) in [6, 6.07) is 8.33. The van der Waals surface area contributed by atoms with Crippen LogP contribution in [0.25, 0.3) is 0 Å². The van der Waals surface area contributed by atoms with Gasteiger partial charge in [0.2, 0.25) is 0 Å². The fourth-order valence-corrected chi connectivity index (χ4v) is 2.68. The third-order valence-corrected chi connectivity index (χ3v) is 4.15. The van der Waals surface area contributed by atoms with Crippen LogP contribution in [0.2, 0.25) is 0 Å². The summed E-state index contributed by atoms with van der Waals surface area (Å²) in [6.45, 7) is 7.15. The lowest BCUT2D eigenvalue weighted by Gasteiger charge is -2.22. The molecule has 0 spiro atoms. The number of hydrogen-bond donors (Lipinski definition) is 1. The van der Waals surface area contributed by atoms with Crippen molar-refractivity contribution < 1.29 is 4.74 Å². The molecule has 0 aliphatic carbocycles. The van der Waals surface area contributed by atoms with Crippen molar-refractivity contribution in [3.05, 3.63) is 57.3 Å². The van der Waals surface area contributed by atoms with E-state index in [0.29, 0.717) is 0 Å². The Balaban J connectivity index is 2.52. The second-order valence-corrected chi connectivity index (χ2v) is 5.94. The van der Waals surface area contributed by atoms with Gasteiger partial charge < -0.3 is 10.1 Å². The van der Waals surface area contributed by atoms with Gasteiger partial charge in [0.05, 0.1) is 18.8 Å². The number of pyridine rings is 1. The van der Waals surface area contributed by atoms with Gasteiger partial charge in [0, 0.05) is 16.2 Å². The molecule has 0 fully saturated rings. The lowest BCUT2D eigenvalue weighted by atomic mass is 9.96. The van der Waals surface area contributed by atoms with Crippen LogP contribution in [0.5, 0.6) is 5.75 Å². The average molecular weight is 349 g/mol. The van der Waals surface area contributed by atoms with E-state index in [-0.39, 0.29) is 6.04 Å². The molecule has 1 N–H and O–H groups in total. The third kappa shape index (κ3) is 3.44. The number of ether oxygens (including phenoxy) is 1. The first kappa shape index (κ1) is 16.0. The molecule has 0 radical (unpaired) electrons. The molecule has 2 rings (SSSR count). The minimum Gasteiger partial charge on any atom is -0.496 e. The number of aromatic nitrogens is 1. The number of nitrogens with zero attached hydrogens (tertiary/aromatic N) is 1. The predicted octanol–water partition coefficient (Wildman–Crippen LogP) is 4.17. The van der Waals surface area contributed by atoms with Crippen LogP contribution in [-0.4, -0.2) is 18.6 Å². The Morgan fingerprint density at radius 1 is 1.24 bits per heavy atom. The molecule has 0 saturated heterocycles. The van der Waals surface area contributed by atoms with Crippen LogP contribution < -0.4 is 10.1 Å². The number of hydrogen-bond acceptors (Lipinski definition) is 3. The van der Waals surface area contributed by atoms with Gasteiger partial charge in [-0.2, -0.15) is 0 Å². The molecule has 0 amide bonds. The summed E-state index contributed by atoms with van der Waals surface area (Å²) >= 11 is 3.43. The van der Waals surface area contributed by atoms with E-state index in [4.69, 9.17) is 4.74 Å². The van der Waals surface area contributed by atoms with Crippen molar-refractivity contribution >= 4 is 15.9 Å². The highest BCUT2D eigenvalue weighted by atomic mass is 79.9. The van der Waals surface area contributed by atoms with Gasteiger partial charge in [-0.15, -0.1) is 0 Å². The van der Waals surface area contributed by atoms with Crippen LogP contribution >= 0.6 is 15.9 Å². The first-order valence-electron chi connectivity index (χ1n) is 7.07. The average Bonchev–Trinajstić information content (AvgIpc) is 2.49. The molecule has 1 unspecified atom stereocenters. The number of nitrogens with one attached hydrogen (secondary N) is 1. The minimum absolute atomic E-state index is 0.0253. The lowest BCUT2D eigenvalue weighted by molar-refractivity contribution is 0.400. The van der Waals surface area contributed by atoms with Gasteiger partial charge >= 0.3 is 0 Å². The maximum atomic E-state index is 5.65. The smallest absolute Gasteiger partial charge is 0.127 e. The van der Waals surface area contributed by atoms with Crippen molar-refractivity contribution in [2.24, 2.45) is 0 Å². The van der Waals surface area contributed by atoms with E-state index in [1.807, 2.05) is 18.3 Å². The van der Waals surface area contributed by atoms with Crippen molar-refractivity contribution in [1.29, 1.82) is 0 Å². The molecule has 0 bridgehead atoms. The molecule has 0 aliphatic rings. The van der Waals surface area contributed by atoms with Crippen molar-refractivity contribution in [1.82, 2.24) is 10.3 Å². The molecule has 1 atom stereocenters. The van der Waals surface area contributed by atoms with E-state index in [0.717, 1.165) is 28.0 Å². The van der Waals surface area contributed by atoms with Crippen LogP contribution in [0, 0.1) is 13.8 Å². The monoisotopic (exact) mass is 348 g/mol. The van der Waals surface area contributed by atoms with Gasteiger partial charge in [0.25, 0.3) is 0 Å². The molecule has 1 aromatic carbocycles. The van der Waals surface area contributed by atoms with Crippen LogP contribution in [0.15, 0.2) is 34.9 Å². The normalized spacial score (nSPS) is 12.2. The summed E-state index contributed by atoms with van der Waals surface area (Å²) < 4.78 is 6.63. The van der Waals surface area contributed by atoms with Crippen molar-refractivity contribution in [2.75, 3.05) is 13.7 Å². The van der Waals surface area contributed by atoms with Gasteiger partial charge in [-0.05, 0) is 59.6 Å². The molecule has 21 heavy (non-hydrogen) atoms. The number of halogens is 1. The minimum atomic E-state index is 0.0253. The van der Waals surface area contributed by atoms with Gasteiger partial charge in [-0.3, -0.25) is 4.98 Å². The zero-order chi connectivity index (χ0) is 15.4. The van der Waals surface area contributed by atoms with E-state index in [1.165, 1.54) is 11.1 Å². The number of benzene rings is 1. The Labute approximate surface area is 134 Å². The highest BCUT2D eigenvalue weighted by Crippen LogP contribution is 2.33. The zero-order valence-electron chi connectivity index (χ0n) is 12.9. The summed E-state index contributed by atoms with van der Waals surface area (Å²) in [6.07, 6.45) is 1.83. The largest absolute Gasteiger partial charge is 0.496 e. The molecule has 0 saturated carbocycles. The van der Waals surface area contributed by atoms with E-state index < -0.39 is 0 Å². The maximum Gasteiger partial charge on any atom is 0.127 e. The number of aryl methyl sites for hydroxylation is 1. The molecule has 1 aromatic heterocycles. The fourth-order valence-electron chi connectivity index (χ4n) is 2.45. The van der Waals surface area contributed by atoms with E-state index in [9.17, 15) is 0 Å². The SMILES string of the molecule is CCNC(c1ccc(Br)cn1)c1ccc(C)c(C)c1OC. The summed E-state index contributed by atoms with van der Waals surface area (Å²) in [4.78, 5) is 4.54. The highest BCUT2D eigenvalue weighted by Gasteiger charge is 2.20. The first-order valence-corrected chi connectivity index (χ1v) is 7.86. The number of rotatable bonds is 5. The molecule has 3 nitrogen and oxygen atoms in total. The lowest BCUT2D eigenvalue weighted by Crippen LogP contribution is -2.23. The Hall–Kier alpha value is -1.39. The first-order chi connectivity index (χ1) is 10.1. The quantitative estimate of drug-likeness (QED) is 0.880. The van der Waals surface area contributed by atoms with Gasteiger partial charge in [0.15, 0.2) is 0 Å². The van der Waals surface area contributed by atoms with Gasteiger partial charge in [-0.1, -0.05) is 19.1 Å². The molecular weight excluding hydrogens is 328 g/mol. The van der Waals surface area contributed by atoms with E-state index >= 15 is 0 Å². The molecule has 1 heterocycles. The predicted molar refractivity (Wildman–Crippen MR) is 89.9 cm³/mol. The van der Waals surface area contributed by atoms with Crippen molar-refractivity contribution in [2.45, 2.75) is 26.8 Å². The van der Waals surface area contributed by atoms with Crippen molar-refractivity contribution in [3.8, 4) is 5.75 Å². The van der Waals surface area contributed by atoms with Crippen LogP contribution in [-0.2, 0) is 0 Å². The highest BCUT2D eigenvalue weighted by molar-refractivity contribution is 9.10. The second-order valence-electron chi connectivity index (χ2n) is 5.02. The van der Waals surface area contributed by atoms with Gasteiger partial charge in [-0.25, -0.2) is 0 Å². The molecule has 2 aromatic rings. The van der Waals surface area contributed by atoms with Crippen LogP contribution in [0.3, 0.4) is 0 Å². The van der Waals surface area contributed by atoms with Crippen molar-refractivity contribution in [3.63, 3.8) is 0 Å². The van der Waals surface area contributed by atoms with Crippen LogP contribution in [0.1, 0.15) is 35.3 Å². The van der Waals surface area contributed by atoms with Gasteiger partial charge in [0.1, 0.15) is 5.75 Å². The van der Waals surface area contributed by atoms with E-state index in [1.54, 1.807) is 7.11 Å². The Morgan fingerprint density at radius 2 is 2.00 bits per heavy atom. The number of methoxy groups -OCH3 is 1. The molecule has 0 aliphatic heterocycles. The zero-order valence-corrected chi connectivity index (χ0v) is 14.5. The molecular formula is C17H21BrN2O. The summed E-state index contributed by atoms with van der Waals surface area (Å²) in [7, 11) is 1.73. The standard InChI is InChI=1S/C17H21BrN2O/c1-5-19-16(15-9-7-13(18)10-20-15)14-8-6-11(2)12(3)17(14)21-4/h6-10,16,19H,5H2,1-4H3. The second kappa shape index (κ2) is 7.05. The Kier molecular flexibility index (Phi) is 5.37. The van der Waals surface area contributed by atoms with E-state index in [2.05, 4.69) is 59.1 Å². The Morgan fingerprint density at radius 3 is 2.57 bits per heavy atom. The summed E-state index contributed by atoms with van der Waals surface area (Å²) in [5.74, 6) is 0.936. The summed E-state index contributed by atoms with van der Waals surface area (Å²) in [5, 5.41) is 3.50. The fraction of sp³-hybridized carbons (Fsp3) is 0.353. The third-order valence-electron chi connectivity index (χ3n) is 3.68. The van der Waals surface area contributed by atoms with Crippen LogP contribution in [0.4, 0.5) is 0 Å². The topological polar surface area (TPSA) is 34.2 Å². The maximum absolute atomic E-state index is 5.65. The molecule has 4 heteroatoms. The molecule has 112 valence electrons.